The van der Waals surface area contributed by atoms with Crippen molar-refractivity contribution in [3.8, 4) is 11.5 Å². The first kappa shape index (κ1) is 25.2. The van der Waals surface area contributed by atoms with Gasteiger partial charge < -0.3 is 20.1 Å². The van der Waals surface area contributed by atoms with Gasteiger partial charge in [0.2, 0.25) is 0 Å². The molecule has 4 aromatic rings. The highest BCUT2D eigenvalue weighted by molar-refractivity contribution is 6.43. The fourth-order valence-corrected chi connectivity index (χ4v) is 3.65. The van der Waals surface area contributed by atoms with E-state index in [1.165, 1.54) is 18.5 Å². The standard InChI is InChI=1S/C26H21Cl2FN4O3/c1-3-35-24-12-21-19(11-22(24)33-26(34)15(2)27)25(31-14-30-21)32-18-7-8-23(20(28)10-18)36-13-16-5-4-6-17(29)9-16/h4-12,14H,2-3,13H2,1H3,(H,33,34)(H,30,31,32). The second-order valence-corrected chi connectivity index (χ2v) is 8.43. The number of aromatic nitrogens is 2. The van der Waals surface area contributed by atoms with Crippen molar-refractivity contribution in [1.82, 2.24) is 9.97 Å². The van der Waals surface area contributed by atoms with Crippen molar-refractivity contribution in [2.24, 2.45) is 0 Å². The summed E-state index contributed by atoms with van der Waals surface area (Å²) in [6, 6.07) is 14.7. The van der Waals surface area contributed by atoms with Crippen molar-refractivity contribution in [3.05, 3.63) is 88.9 Å². The lowest BCUT2D eigenvalue weighted by molar-refractivity contribution is -0.112. The first-order valence-corrected chi connectivity index (χ1v) is 11.6. The molecule has 0 atom stereocenters. The van der Waals surface area contributed by atoms with Crippen molar-refractivity contribution in [2.45, 2.75) is 13.5 Å². The van der Waals surface area contributed by atoms with Gasteiger partial charge in [0.25, 0.3) is 5.91 Å². The Morgan fingerprint density at radius 3 is 2.64 bits per heavy atom. The summed E-state index contributed by atoms with van der Waals surface area (Å²) in [4.78, 5) is 20.8. The molecule has 36 heavy (non-hydrogen) atoms. The van der Waals surface area contributed by atoms with Crippen LogP contribution in [0.15, 0.2) is 72.5 Å². The first-order chi connectivity index (χ1) is 17.3. The Hall–Kier alpha value is -3.88. The summed E-state index contributed by atoms with van der Waals surface area (Å²) >= 11 is 12.2. The van der Waals surface area contributed by atoms with Gasteiger partial charge in [-0.15, -0.1) is 0 Å². The highest BCUT2D eigenvalue weighted by Crippen LogP contribution is 2.35. The van der Waals surface area contributed by atoms with E-state index in [-0.39, 0.29) is 17.5 Å². The molecule has 0 aliphatic heterocycles. The highest BCUT2D eigenvalue weighted by atomic mass is 35.5. The van der Waals surface area contributed by atoms with Gasteiger partial charge in [0.1, 0.15) is 36.1 Å². The molecule has 2 N–H and O–H groups in total. The summed E-state index contributed by atoms with van der Waals surface area (Å²) in [6.07, 6.45) is 1.41. The van der Waals surface area contributed by atoms with Gasteiger partial charge in [0, 0.05) is 17.1 Å². The Bertz CT molecular complexity index is 1450. The molecule has 184 valence electrons. The molecule has 0 saturated heterocycles. The van der Waals surface area contributed by atoms with Crippen molar-refractivity contribution in [3.63, 3.8) is 0 Å². The second kappa shape index (κ2) is 11.2. The second-order valence-electron chi connectivity index (χ2n) is 7.57. The lowest BCUT2D eigenvalue weighted by atomic mass is 10.1. The lowest BCUT2D eigenvalue weighted by Gasteiger charge is -2.15. The first-order valence-electron chi connectivity index (χ1n) is 10.8. The normalized spacial score (nSPS) is 10.7. The maximum atomic E-state index is 13.4. The molecular weight excluding hydrogens is 506 g/mol. The van der Waals surface area contributed by atoms with Crippen molar-refractivity contribution < 1.29 is 18.7 Å². The minimum absolute atomic E-state index is 0.158. The van der Waals surface area contributed by atoms with E-state index in [4.69, 9.17) is 32.7 Å². The molecule has 0 unspecified atom stereocenters. The number of carbonyl (C=O) groups is 1. The Morgan fingerprint density at radius 2 is 1.92 bits per heavy atom. The van der Waals surface area contributed by atoms with Crippen molar-refractivity contribution in [1.29, 1.82) is 0 Å². The SMILES string of the molecule is C=C(Cl)C(=O)Nc1cc2c(Nc3ccc(OCc4cccc(F)c4)c(Cl)c3)ncnc2cc1OCC. The summed E-state index contributed by atoms with van der Waals surface area (Å²) < 4.78 is 24.8. The van der Waals surface area contributed by atoms with Crippen LogP contribution in [0.4, 0.5) is 21.6 Å². The maximum Gasteiger partial charge on any atom is 0.266 e. The van der Waals surface area contributed by atoms with E-state index in [0.717, 1.165) is 0 Å². The fraction of sp³-hybridized carbons (Fsp3) is 0.115. The molecule has 0 aliphatic rings. The van der Waals surface area contributed by atoms with E-state index in [9.17, 15) is 9.18 Å². The van der Waals surface area contributed by atoms with Crippen LogP contribution < -0.4 is 20.1 Å². The van der Waals surface area contributed by atoms with Crippen LogP contribution >= 0.6 is 23.2 Å². The number of nitrogens with zero attached hydrogens (tertiary/aromatic N) is 2. The maximum absolute atomic E-state index is 13.4. The molecular formula is C26H21Cl2FN4O3. The highest BCUT2D eigenvalue weighted by Gasteiger charge is 2.15. The number of benzene rings is 3. The number of rotatable bonds is 9. The van der Waals surface area contributed by atoms with E-state index in [1.54, 1.807) is 42.5 Å². The fourth-order valence-electron chi connectivity index (χ4n) is 3.37. The number of ether oxygens (including phenoxy) is 2. The average Bonchev–Trinajstić information content (AvgIpc) is 2.84. The van der Waals surface area contributed by atoms with Crippen molar-refractivity contribution in [2.75, 3.05) is 17.2 Å². The molecule has 1 amide bonds. The number of carbonyl (C=O) groups excluding carboxylic acids is 1. The lowest BCUT2D eigenvalue weighted by Crippen LogP contribution is -2.12. The molecule has 0 saturated carbocycles. The molecule has 1 aromatic heterocycles. The quantitative estimate of drug-likeness (QED) is 0.232. The predicted octanol–water partition coefficient (Wildman–Crippen LogP) is 6.83. The predicted molar refractivity (Wildman–Crippen MR) is 140 cm³/mol. The number of amides is 1. The monoisotopic (exact) mass is 526 g/mol. The minimum Gasteiger partial charge on any atom is -0.492 e. The van der Waals surface area contributed by atoms with Crippen LogP contribution in [0, 0.1) is 5.82 Å². The minimum atomic E-state index is -0.552. The third-order valence-corrected chi connectivity index (χ3v) is 5.48. The zero-order valence-electron chi connectivity index (χ0n) is 19.1. The van der Waals surface area contributed by atoms with E-state index >= 15 is 0 Å². The average molecular weight is 527 g/mol. The van der Waals surface area contributed by atoms with Crippen LogP contribution in [0.3, 0.4) is 0 Å². The molecule has 0 fully saturated rings. The zero-order chi connectivity index (χ0) is 25.7. The Morgan fingerprint density at radius 1 is 1.08 bits per heavy atom. The van der Waals surface area contributed by atoms with Crippen LogP contribution in [-0.2, 0) is 11.4 Å². The zero-order valence-corrected chi connectivity index (χ0v) is 20.7. The molecule has 1 heterocycles. The molecule has 10 heteroatoms. The summed E-state index contributed by atoms with van der Waals surface area (Å²) in [5.41, 5.74) is 2.33. The third-order valence-electron chi connectivity index (χ3n) is 5.01. The van der Waals surface area contributed by atoms with E-state index in [2.05, 4.69) is 27.2 Å². The summed E-state index contributed by atoms with van der Waals surface area (Å²) in [5.74, 6) is 0.481. The topological polar surface area (TPSA) is 85.4 Å². The van der Waals surface area contributed by atoms with Gasteiger partial charge in [-0.3, -0.25) is 4.79 Å². The Kier molecular flexibility index (Phi) is 7.87. The van der Waals surface area contributed by atoms with Crippen LogP contribution in [0.1, 0.15) is 12.5 Å². The summed E-state index contributed by atoms with van der Waals surface area (Å²) in [7, 11) is 0. The number of anilines is 3. The van der Waals surface area contributed by atoms with Crippen molar-refractivity contribution >= 4 is 57.2 Å². The summed E-state index contributed by atoms with van der Waals surface area (Å²) in [5, 5.41) is 6.73. The molecule has 0 spiro atoms. The van der Waals surface area contributed by atoms with Gasteiger partial charge in [-0.05, 0) is 48.9 Å². The van der Waals surface area contributed by atoms with E-state index in [1.807, 2.05) is 6.92 Å². The van der Waals surface area contributed by atoms with Gasteiger partial charge in [0.05, 0.1) is 27.9 Å². The Balaban J connectivity index is 1.59. The number of hydrogen-bond donors (Lipinski definition) is 2. The molecule has 3 aromatic carbocycles. The van der Waals surface area contributed by atoms with Gasteiger partial charge in [0.15, 0.2) is 0 Å². The molecule has 7 nitrogen and oxygen atoms in total. The molecule has 0 radical (unpaired) electrons. The van der Waals surface area contributed by atoms with Gasteiger partial charge in [-0.2, -0.15) is 0 Å². The van der Waals surface area contributed by atoms with Gasteiger partial charge >= 0.3 is 0 Å². The van der Waals surface area contributed by atoms with Gasteiger partial charge in [-0.1, -0.05) is 41.9 Å². The number of halogens is 3. The van der Waals surface area contributed by atoms with E-state index in [0.29, 0.717) is 56.8 Å². The number of fused-ring (bicyclic) bond motifs is 1. The Labute approximate surface area is 216 Å². The number of nitrogens with one attached hydrogen (secondary N) is 2. The summed E-state index contributed by atoms with van der Waals surface area (Å²) in [6.45, 7) is 5.84. The van der Waals surface area contributed by atoms with Crippen LogP contribution in [0.5, 0.6) is 11.5 Å². The smallest absolute Gasteiger partial charge is 0.266 e. The van der Waals surface area contributed by atoms with Gasteiger partial charge in [-0.25, -0.2) is 14.4 Å². The molecule has 0 aliphatic carbocycles. The van der Waals surface area contributed by atoms with E-state index < -0.39 is 5.91 Å². The van der Waals surface area contributed by atoms with Crippen LogP contribution in [-0.4, -0.2) is 22.5 Å². The molecule has 0 bridgehead atoms. The van der Waals surface area contributed by atoms with Crippen LogP contribution in [0.2, 0.25) is 5.02 Å². The third kappa shape index (κ3) is 6.02. The number of hydrogen-bond acceptors (Lipinski definition) is 6. The largest absolute Gasteiger partial charge is 0.492 e. The molecule has 4 rings (SSSR count). The van der Waals surface area contributed by atoms with Crippen LogP contribution in [0.25, 0.3) is 10.9 Å².